The van der Waals surface area contributed by atoms with Crippen LogP contribution in [0.15, 0.2) is 29.5 Å². The number of rotatable bonds is 4. The zero-order valence-corrected chi connectivity index (χ0v) is 9.76. The molecule has 0 amide bonds. The van der Waals surface area contributed by atoms with Gasteiger partial charge in [-0.1, -0.05) is 0 Å². The van der Waals surface area contributed by atoms with Gasteiger partial charge in [0.2, 0.25) is 0 Å². The first-order valence-electron chi connectivity index (χ1n) is 5.91. The third-order valence-corrected chi connectivity index (χ3v) is 2.75. The molecule has 6 nitrogen and oxygen atoms in total. The third kappa shape index (κ3) is 2.60. The number of aromatic amines is 1. The maximum atomic E-state index is 11.6. The molecule has 1 aliphatic carbocycles. The minimum Gasteiger partial charge on any atom is -0.308 e. The first kappa shape index (κ1) is 11.0. The van der Waals surface area contributed by atoms with Gasteiger partial charge in [0.1, 0.15) is 5.69 Å². The first-order valence-corrected chi connectivity index (χ1v) is 5.91. The van der Waals surface area contributed by atoms with Gasteiger partial charge in [-0.25, -0.2) is 9.97 Å². The van der Waals surface area contributed by atoms with E-state index in [-0.39, 0.29) is 5.56 Å². The van der Waals surface area contributed by atoms with Gasteiger partial charge in [-0.2, -0.15) is 0 Å². The van der Waals surface area contributed by atoms with Gasteiger partial charge in [-0.15, -0.1) is 0 Å². The van der Waals surface area contributed by atoms with Crippen LogP contribution in [0.1, 0.15) is 18.5 Å². The fourth-order valence-electron chi connectivity index (χ4n) is 1.68. The average molecular weight is 243 g/mol. The molecule has 0 bridgehead atoms. The molecule has 3 rings (SSSR count). The summed E-state index contributed by atoms with van der Waals surface area (Å²) in [5, 5.41) is 3.33. The van der Waals surface area contributed by atoms with Crippen LogP contribution in [0.4, 0.5) is 0 Å². The first-order chi connectivity index (χ1) is 8.81. The molecule has 0 saturated heterocycles. The molecule has 18 heavy (non-hydrogen) atoms. The number of nitrogens with one attached hydrogen (secondary N) is 2. The molecule has 0 radical (unpaired) electrons. The van der Waals surface area contributed by atoms with E-state index in [4.69, 9.17) is 0 Å². The molecule has 2 aromatic rings. The highest BCUT2D eigenvalue weighted by Crippen LogP contribution is 2.19. The Morgan fingerprint density at radius 3 is 3.00 bits per heavy atom. The largest absolute Gasteiger partial charge is 0.308 e. The lowest BCUT2D eigenvalue weighted by atomic mass is 10.3. The lowest BCUT2D eigenvalue weighted by molar-refractivity contribution is 0.672. The van der Waals surface area contributed by atoms with Crippen molar-refractivity contribution in [3.63, 3.8) is 0 Å². The van der Waals surface area contributed by atoms with Gasteiger partial charge in [-0.05, 0) is 12.8 Å². The Morgan fingerprint density at radius 1 is 1.39 bits per heavy atom. The minimum absolute atomic E-state index is 0.168. The molecule has 0 spiro atoms. The summed E-state index contributed by atoms with van der Waals surface area (Å²) in [5.41, 5.74) is 1.13. The molecular formula is C12H13N5O. The van der Waals surface area contributed by atoms with Gasteiger partial charge < -0.3 is 10.3 Å². The molecular weight excluding hydrogens is 230 g/mol. The topological polar surface area (TPSA) is 83.6 Å². The summed E-state index contributed by atoms with van der Waals surface area (Å²) < 4.78 is 0. The summed E-state index contributed by atoms with van der Waals surface area (Å²) in [7, 11) is 0. The van der Waals surface area contributed by atoms with E-state index in [0.717, 1.165) is 5.69 Å². The maximum Gasteiger partial charge on any atom is 0.251 e. The van der Waals surface area contributed by atoms with Crippen molar-refractivity contribution in [1.82, 2.24) is 25.3 Å². The van der Waals surface area contributed by atoms with Crippen molar-refractivity contribution < 1.29 is 0 Å². The van der Waals surface area contributed by atoms with Crippen molar-refractivity contribution in [3.8, 4) is 11.5 Å². The van der Waals surface area contributed by atoms with E-state index in [1.165, 1.54) is 18.9 Å². The Kier molecular flexibility index (Phi) is 2.85. The second kappa shape index (κ2) is 4.66. The highest BCUT2D eigenvalue weighted by Gasteiger charge is 2.20. The highest BCUT2D eigenvalue weighted by molar-refractivity contribution is 5.46. The zero-order chi connectivity index (χ0) is 12.4. The standard InChI is InChI=1S/C12H13N5O/c18-11-5-9(6-15-8-1-2-8)16-12(17-11)10-7-13-3-4-14-10/h3-5,7-8,15H,1-2,6H2,(H,16,17,18). The summed E-state index contributed by atoms with van der Waals surface area (Å²) in [6.45, 7) is 0.613. The maximum absolute atomic E-state index is 11.6. The molecule has 6 heteroatoms. The summed E-state index contributed by atoms with van der Waals surface area (Å²) in [5.74, 6) is 0.461. The molecule has 2 heterocycles. The number of H-pyrrole nitrogens is 1. The summed E-state index contributed by atoms with van der Waals surface area (Å²) in [6.07, 6.45) is 7.15. The van der Waals surface area contributed by atoms with E-state index in [9.17, 15) is 4.79 Å². The molecule has 0 unspecified atom stereocenters. The Bertz CT molecular complexity index is 591. The number of hydrogen-bond acceptors (Lipinski definition) is 5. The van der Waals surface area contributed by atoms with Crippen LogP contribution < -0.4 is 10.9 Å². The molecule has 0 aliphatic heterocycles. The van der Waals surface area contributed by atoms with Crippen molar-refractivity contribution in [3.05, 3.63) is 40.7 Å². The summed E-state index contributed by atoms with van der Waals surface area (Å²) in [6, 6.07) is 2.10. The molecule has 0 atom stereocenters. The number of nitrogens with zero attached hydrogens (tertiary/aromatic N) is 3. The van der Waals surface area contributed by atoms with Crippen LogP contribution in [0.25, 0.3) is 11.5 Å². The normalized spacial score (nSPS) is 14.7. The Balaban J connectivity index is 1.87. The van der Waals surface area contributed by atoms with Crippen LogP contribution >= 0.6 is 0 Å². The van der Waals surface area contributed by atoms with Gasteiger partial charge in [0, 0.05) is 31.0 Å². The van der Waals surface area contributed by atoms with Crippen LogP contribution in [-0.4, -0.2) is 26.0 Å². The van der Waals surface area contributed by atoms with E-state index in [1.807, 2.05) is 0 Å². The van der Waals surface area contributed by atoms with E-state index < -0.39 is 0 Å². The molecule has 2 aromatic heterocycles. The average Bonchev–Trinajstić information content (AvgIpc) is 3.21. The molecule has 92 valence electrons. The lowest BCUT2D eigenvalue weighted by Crippen LogP contribution is -2.19. The van der Waals surface area contributed by atoms with Gasteiger partial charge in [0.25, 0.3) is 5.56 Å². The number of aromatic nitrogens is 4. The fraction of sp³-hybridized carbons (Fsp3) is 0.333. The second-order valence-corrected chi connectivity index (χ2v) is 4.33. The molecule has 2 N–H and O–H groups in total. The minimum atomic E-state index is -0.168. The van der Waals surface area contributed by atoms with E-state index >= 15 is 0 Å². The van der Waals surface area contributed by atoms with Crippen LogP contribution in [0.5, 0.6) is 0 Å². The lowest BCUT2D eigenvalue weighted by Gasteiger charge is -2.04. The number of hydrogen-bond donors (Lipinski definition) is 2. The van der Waals surface area contributed by atoms with Gasteiger partial charge >= 0.3 is 0 Å². The van der Waals surface area contributed by atoms with Crippen LogP contribution in [-0.2, 0) is 6.54 Å². The van der Waals surface area contributed by atoms with Gasteiger partial charge in [0.15, 0.2) is 5.82 Å². The Labute approximate surface area is 104 Å². The smallest absolute Gasteiger partial charge is 0.251 e. The molecule has 1 aliphatic rings. The van der Waals surface area contributed by atoms with Crippen molar-refractivity contribution in [2.24, 2.45) is 0 Å². The molecule has 0 aromatic carbocycles. The van der Waals surface area contributed by atoms with Crippen LogP contribution in [0.2, 0.25) is 0 Å². The monoisotopic (exact) mass is 243 g/mol. The highest BCUT2D eigenvalue weighted by atomic mass is 16.1. The SMILES string of the molecule is O=c1cc(CNC2CC2)nc(-c2cnccn2)[nH]1. The van der Waals surface area contributed by atoms with Gasteiger partial charge in [0.05, 0.1) is 11.9 Å². The predicted molar refractivity (Wildman–Crippen MR) is 65.7 cm³/mol. The van der Waals surface area contributed by atoms with Crippen LogP contribution in [0.3, 0.4) is 0 Å². The van der Waals surface area contributed by atoms with Crippen molar-refractivity contribution in [2.45, 2.75) is 25.4 Å². The predicted octanol–water partition coefficient (Wildman–Crippen LogP) is 0.479. The van der Waals surface area contributed by atoms with Crippen molar-refractivity contribution in [2.75, 3.05) is 0 Å². The van der Waals surface area contributed by atoms with E-state index in [0.29, 0.717) is 24.1 Å². The van der Waals surface area contributed by atoms with Crippen molar-refractivity contribution in [1.29, 1.82) is 0 Å². The quantitative estimate of drug-likeness (QED) is 0.816. The van der Waals surface area contributed by atoms with Crippen molar-refractivity contribution >= 4 is 0 Å². The third-order valence-electron chi connectivity index (χ3n) is 2.75. The Hall–Kier alpha value is -2.08. The van der Waals surface area contributed by atoms with Crippen LogP contribution in [0, 0.1) is 0 Å². The summed E-state index contributed by atoms with van der Waals surface area (Å²) >= 11 is 0. The van der Waals surface area contributed by atoms with E-state index in [2.05, 4.69) is 25.3 Å². The van der Waals surface area contributed by atoms with E-state index in [1.54, 1.807) is 18.6 Å². The zero-order valence-electron chi connectivity index (χ0n) is 9.76. The van der Waals surface area contributed by atoms with Gasteiger partial charge in [-0.3, -0.25) is 9.78 Å². The Morgan fingerprint density at radius 2 is 2.28 bits per heavy atom. The summed E-state index contributed by atoms with van der Waals surface area (Å²) in [4.78, 5) is 26.7. The molecule has 1 saturated carbocycles. The molecule has 1 fully saturated rings. The fourth-order valence-corrected chi connectivity index (χ4v) is 1.68. The second-order valence-electron chi connectivity index (χ2n) is 4.33.